The Morgan fingerprint density at radius 3 is 2.89 bits per heavy atom. The van der Waals surface area contributed by atoms with Gasteiger partial charge in [-0.2, -0.15) is 0 Å². The molecule has 1 unspecified atom stereocenters. The number of piperidine rings is 1. The average Bonchev–Trinajstić information content (AvgIpc) is 2.37. The summed E-state index contributed by atoms with van der Waals surface area (Å²) in [6, 6.07) is 0. The molecule has 1 atom stereocenters. The van der Waals surface area contributed by atoms with E-state index in [1.54, 1.807) is 7.11 Å². The molecule has 0 aromatic heterocycles. The van der Waals surface area contributed by atoms with Crippen LogP contribution in [0.1, 0.15) is 19.3 Å². The quantitative estimate of drug-likeness (QED) is 0.607. The first-order chi connectivity index (χ1) is 9.04. The molecule has 1 aliphatic heterocycles. The van der Waals surface area contributed by atoms with Crippen molar-refractivity contribution in [1.29, 1.82) is 0 Å². The number of ether oxygens (including phenoxy) is 1. The van der Waals surface area contributed by atoms with Crippen LogP contribution in [0, 0.1) is 5.92 Å². The van der Waals surface area contributed by atoms with E-state index in [1.807, 2.05) is 0 Å². The van der Waals surface area contributed by atoms with Crippen LogP contribution in [0.5, 0.6) is 0 Å². The van der Waals surface area contributed by atoms with E-state index < -0.39 is 11.9 Å². The van der Waals surface area contributed by atoms with Crippen LogP contribution in [0.3, 0.4) is 0 Å². The summed E-state index contributed by atoms with van der Waals surface area (Å²) in [7, 11) is 1.58. The fourth-order valence-corrected chi connectivity index (χ4v) is 1.94. The summed E-state index contributed by atoms with van der Waals surface area (Å²) < 4.78 is 4.85. The second-order valence-corrected chi connectivity index (χ2v) is 4.54. The zero-order chi connectivity index (χ0) is 14.3. The SMILES string of the molecule is COCCCNC(=O)CN1CC(C(=O)O)CCC1=O. The lowest BCUT2D eigenvalue weighted by molar-refractivity contribution is -0.149. The monoisotopic (exact) mass is 272 g/mol. The number of aliphatic carboxylic acids is 1. The minimum absolute atomic E-state index is 0.0738. The van der Waals surface area contributed by atoms with Gasteiger partial charge in [-0.3, -0.25) is 14.4 Å². The largest absolute Gasteiger partial charge is 0.481 e. The van der Waals surface area contributed by atoms with Crippen LogP contribution in [0.2, 0.25) is 0 Å². The number of amides is 2. The van der Waals surface area contributed by atoms with Gasteiger partial charge in [0.05, 0.1) is 12.5 Å². The Kier molecular flexibility index (Phi) is 6.27. The second kappa shape index (κ2) is 7.73. The van der Waals surface area contributed by atoms with Gasteiger partial charge in [-0.15, -0.1) is 0 Å². The first-order valence-corrected chi connectivity index (χ1v) is 6.30. The molecule has 7 nitrogen and oxygen atoms in total. The van der Waals surface area contributed by atoms with E-state index >= 15 is 0 Å². The van der Waals surface area contributed by atoms with Crippen LogP contribution in [0.15, 0.2) is 0 Å². The number of hydrogen-bond donors (Lipinski definition) is 2. The molecule has 0 aromatic rings. The predicted octanol–water partition coefficient (Wildman–Crippen LogP) is -0.538. The van der Waals surface area contributed by atoms with E-state index in [4.69, 9.17) is 9.84 Å². The van der Waals surface area contributed by atoms with Gasteiger partial charge in [0.2, 0.25) is 11.8 Å². The fourth-order valence-electron chi connectivity index (χ4n) is 1.94. The van der Waals surface area contributed by atoms with Crippen molar-refractivity contribution in [2.75, 3.05) is 33.4 Å². The Labute approximate surface area is 111 Å². The van der Waals surface area contributed by atoms with E-state index in [0.29, 0.717) is 26.0 Å². The topological polar surface area (TPSA) is 95.9 Å². The maximum absolute atomic E-state index is 11.6. The zero-order valence-electron chi connectivity index (χ0n) is 11.1. The van der Waals surface area contributed by atoms with E-state index in [2.05, 4.69) is 5.32 Å². The van der Waals surface area contributed by atoms with Crippen LogP contribution < -0.4 is 5.32 Å². The summed E-state index contributed by atoms with van der Waals surface area (Å²) in [5, 5.41) is 11.6. The summed E-state index contributed by atoms with van der Waals surface area (Å²) >= 11 is 0. The maximum Gasteiger partial charge on any atom is 0.308 e. The smallest absolute Gasteiger partial charge is 0.308 e. The van der Waals surface area contributed by atoms with Crippen LogP contribution in [0.4, 0.5) is 0 Å². The van der Waals surface area contributed by atoms with Gasteiger partial charge in [-0.05, 0) is 12.8 Å². The number of carboxylic acids is 1. The van der Waals surface area contributed by atoms with Gasteiger partial charge in [0.25, 0.3) is 0 Å². The predicted molar refractivity (Wildman–Crippen MR) is 66.4 cm³/mol. The third kappa shape index (κ3) is 5.25. The number of rotatable bonds is 7. The minimum Gasteiger partial charge on any atom is -0.481 e. The van der Waals surface area contributed by atoms with Crippen molar-refractivity contribution in [1.82, 2.24) is 10.2 Å². The molecule has 19 heavy (non-hydrogen) atoms. The third-order valence-electron chi connectivity index (χ3n) is 3.03. The van der Waals surface area contributed by atoms with E-state index in [9.17, 15) is 14.4 Å². The minimum atomic E-state index is -0.919. The molecule has 1 aliphatic rings. The highest BCUT2D eigenvalue weighted by atomic mass is 16.5. The Balaban J connectivity index is 2.34. The second-order valence-electron chi connectivity index (χ2n) is 4.54. The van der Waals surface area contributed by atoms with E-state index in [1.165, 1.54) is 4.90 Å². The summed E-state index contributed by atoms with van der Waals surface area (Å²) in [4.78, 5) is 35.4. The van der Waals surface area contributed by atoms with Crippen molar-refractivity contribution in [2.45, 2.75) is 19.3 Å². The number of hydrogen-bond acceptors (Lipinski definition) is 4. The number of likely N-dealkylation sites (tertiary alicyclic amines) is 1. The normalized spacial score (nSPS) is 19.3. The van der Waals surface area contributed by atoms with Crippen LogP contribution in [0.25, 0.3) is 0 Å². The number of nitrogens with one attached hydrogen (secondary N) is 1. The van der Waals surface area contributed by atoms with Crippen LogP contribution in [-0.2, 0) is 19.1 Å². The molecule has 7 heteroatoms. The van der Waals surface area contributed by atoms with Gasteiger partial charge in [0.15, 0.2) is 0 Å². The van der Waals surface area contributed by atoms with E-state index in [0.717, 1.165) is 0 Å². The molecule has 1 saturated heterocycles. The summed E-state index contributed by atoms with van der Waals surface area (Å²) in [5.74, 6) is -1.92. The Hall–Kier alpha value is -1.63. The van der Waals surface area contributed by atoms with Gasteiger partial charge < -0.3 is 20.1 Å². The van der Waals surface area contributed by atoms with Gasteiger partial charge in [0.1, 0.15) is 0 Å². The first-order valence-electron chi connectivity index (χ1n) is 6.30. The van der Waals surface area contributed by atoms with Crippen molar-refractivity contribution in [3.8, 4) is 0 Å². The lowest BCUT2D eigenvalue weighted by Crippen LogP contribution is -2.47. The van der Waals surface area contributed by atoms with Gasteiger partial charge in [0, 0.05) is 33.2 Å². The molecule has 0 bridgehead atoms. The summed E-state index contributed by atoms with van der Waals surface area (Å²) in [5.41, 5.74) is 0. The maximum atomic E-state index is 11.6. The van der Waals surface area contributed by atoms with Gasteiger partial charge in [-0.25, -0.2) is 0 Å². The number of methoxy groups -OCH3 is 1. The number of carbonyl (C=O) groups is 3. The molecular weight excluding hydrogens is 252 g/mol. The van der Waals surface area contributed by atoms with Gasteiger partial charge >= 0.3 is 5.97 Å². The van der Waals surface area contributed by atoms with Crippen molar-refractivity contribution >= 4 is 17.8 Å². The molecule has 2 amide bonds. The molecule has 0 saturated carbocycles. The summed E-state index contributed by atoms with van der Waals surface area (Å²) in [6.07, 6.45) is 1.24. The Bertz CT molecular complexity index is 345. The zero-order valence-corrected chi connectivity index (χ0v) is 11.1. The average molecular weight is 272 g/mol. The highest BCUT2D eigenvalue weighted by Gasteiger charge is 2.30. The fraction of sp³-hybridized carbons (Fsp3) is 0.750. The lowest BCUT2D eigenvalue weighted by atomic mass is 9.98. The molecule has 1 heterocycles. The first kappa shape index (κ1) is 15.4. The molecule has 108 valence electrons. The molecule has 0 aliphatic carbocycles. The molecule has 0 aromatic carbocycles. The van der Waals surface area contributed by atoms with Gasteiger partial charge in [-0.1, -0.05) is 0 Å². The Morgan fingerprint density at radius 2 is 2.26 bits per heavy atom. The van der Waals surface area contributed by atoms with E-state index in [-0.39, 0.29) is 31.3 Å². The van der Waals surface area contributed by atoms with Crippen molar-refractivity contribution in [2.24, 2.45) is 5.92 Å². The number of carbonyl (C=O) groups excluding carboxylic acids is 2. The highest BCUT2D eigenvalue weighted by Crippen LogP contribution is 2.17. The summed E-state index contributed by atoms with van der Waals surface area (Å²) in [6.45, 7) is 1.08. The van der Waals surface area contributed by atoms with Crippen molar-refractivity contribution in [3.63, 3.8) is 0 Å². The van der Waals surface area contributed by atoms with Crippen molar-refractivity contribution < 1.29 is 24.2 Å². The Morgan fingerprint density at radius 1 is 1.53 bits per heavy atom. The highest BCUT2D eigenvalue weighted by molar-refractivity contribution is 5.86. The molecular formula is C12H20N2O5. The third-order valence-corrected chi connectivity index (χ3v) is 3.03. The molecule has 0 spiro atoms. The number of carboxylic acid groups (broad SMARTS) is 1. The molecule has 0 radical (unpaired) electrons. The van der Waals surface area contributed by atoms with Crippen LogP contribution >= 0.6 is 0 Å². The molecule has 2 N–H and O–H groups in total. The molecule has 1 rings (SSSR count). The standard InChI is InChI=1S/C12H20N2O5/c1-19-6-2-5-13-10(15)8-14-7-9(12(17)18)3-4-11(14)16/h9H,2-8H2,1H3,(H,13,15)(H,17,18). The van der Waals surface area contributed by atoms with Crippen molar-refractivity contribution in [3.05, 3.63) is 0 Å². The van der Waals surface area contributed by atoms with Crippen LogP contribution in [-0.4, -0.2) is 61.1 Å². The number of nitrogens with zero attached hydrogens (tertiary/aromatic N) is 1. The lowest BCUT2D eigenvalue weighted by Gasteiger charge is -2.30. The molecule has 1 fully saturated rings.